The number of ether oxygens (including phenoxy) is 1. The Bertz CT molecular complexity index is 1040. The molecule has 0 radical (unpaired) electrons. The van der Waals surface area contributed by atoms with Crippen molar-refractivity contribution in [1.29, 1.82) is 0 Å². The lowest BCUT2D eigenvalue weighted by atomic mass is 10.1. The minimum atomic E-state index is -4.78. The summed E-state index contributed by atoms with van der Waals surface area (Å²) in [5.74, 6) is 0.440. The van der Waals surface area contributed by atoms with E-state index in [-0.39, 0.29) is 12.4 Å². The fraction of sp³-hybridized carbons (Fsp3) is 0.273. The van der Waals surface area contributed by atoms with E-state index >= 15 is 0 Å². The molecule has 0 aliphatic heterocycles. The third kappa shape index (κ3) is 6.32. The van der Waals surface area contributed by atoms with Gasteiger partial charge in [0.25, 0.3) is 0 Å². The molecule has 0 bridgehead atoms. The minimum absolute atomic E-state index is 0.0110. The van der Waals surface area contributed by atoms with E-state index < -0.39 is 6.36 Å². The summed E-state index contributed by atoms with van der Waals surface area (Å²) in [6.07, 6.45) is -4.28. The SMILES string of the molecule is Cc1cccc(Nc2cc(-c3cccc(OC(F)(F)F)c3)nc(NCCCO)n2)c1C. The maximum atomic E-state index is 12.6. The van der Waals surface area contributed by atoms with E-state index in [0.29, 0.717) is 36.0 Å². The summed E-state index contributed by atoms with van der Waals surface area (Å²) >= 11 is 0. The van der Waals surface area contributed by atoms with E-state index in [1.807, 2.05) is 32.0 Å². The highest BCUT2D eigenvalue weighted by Gasteiger charge is 2.31. The van der Waals surface area contributed by atoms with Gasteiger partial charge in [-0.3, -0.25) is 0 Å². The number of aliphatic hydroxyl groups excluding tert-OH is 1. The molecule has 0 unspecified atom stereocenters. The molecule has 0 aliphatic carbocycles. The zero-order chi connectivity index (χ0) is 22.4. The molecule has 1 heterocycles. The van der Waals surface area contributed by atoms with Crippen molar-refractivity contribution in [2.24, 2.45) is 0 Å². The smallest absolute Gasteiger partial charge is 0.406 e. The predicted molar refractivity (Wildman–Crippen MR) is 114 cm³/mol. The molecule has 2 aromatic carbocycles. The molecule has 9 heteroatoms. The first-order chi connectivity index (χ1) is 14.7. The van der Waals surface area contributed by atoms with Gasteiger partial charge in [0.2, 0.25) is 5.95 Å². The van der Waals surface area contributed by atoms with Crippen LogP contribution in [0.25, 0.3) is 11.3 Å². The lowest BCUT2D eigenvalue weighted by Gasteiger charge is -2.14. The average molecular weight is 432 g/mol. The van der Waals surface area contributed by atoms with E-state index in [0.717, 1.165) is 16.8 Å². The highest BCUT2D eigenvalue weighted by molar-refractivity contribution is 5.69. The van der Waals surface area contributed by atoms with Gasteiger partial charge in [0.15, 0.2) is 0 Å². The summed E-state index contributed by atoms with van der Waals surface area (Å²) in [4.78, 5) is 8.87. The molecular formula is C22H23F3N4O2. The topological polar surface area (TPSA) is 79.3 Å². The molecule has 164 valence electrons. The van der Waals surface area contributed by atoms with Crippen LogP contribution in [0.1, 0.15) is 17.5 Å². The Balaban J connectivity index is 1.97. The number of nitrogens with one attached hydrogen (secondary N) is 2. The molecule has 31 heavy (non-hydrogen) atoms. The van der Waals surface area contributed by atoms with Crippen LogP contribution in [-0.2, 0) is 0 Å². The zero-order valence-corrected chi connectivity index (χ0v) is 17.1. The van der Waals surface area contributed by atoms with E-state index in [4.69, 9.17) is 5.11 Å². The van der Waals surface area contributed by atoms with Gasteiger partial charge in [0, 0.05) is 30.5 Å². The Morgan fingerprint density at radius 2 is 1.81 bits per heavy atom. The number of nitrogens with zero attached hydrogens (tertiary/aromatic N) is 2. The highest BCUT2D eigenvalue weighted by atomic mass is 19.4. The molecular weight excluding hydrogens is 409 g/mol. The Morgan fingerprint density at radius 1 is 1.03 bits per heavy atom. The first-order valence-corrected chi connectivity index (χ1v) is 9.68. The van der Waals surface area contributed by atoms with Crippen LogP contribution in [-0.4, -0.2) is 34.6 Å². The molecule has 1 aromatic heterocycles. The van der Waals surface area contributed by atoms with Crippen molar-refractivity contribution in [2.45, 2.75) is 26.6 Å². The van der Waals surface area contributed by atoms with Crippen LogP contribution < -0.4 is 15.4 Å². The molecule has 0 saturated carbocycles. The number of halogens is 3. The van der Waals surface area contributed by atoms with Crippen molar-refractivity contribution in [3.05, 3.63) is 59.7 Å². The largest absolute Gasteiger partial charge is 0.573 e. The molecule has 0 atom stereocenters. The van der Waals surface area contributed by atoms with Gasteiger partial charge in [-0.1, -0.05) is 24.3 Å². The standard InChI is InChI=1S/C22H23F3N4O2/c1-14-6-3-9-18(15(14)2)27-20-13-19(28-21(29-20)26-10-5-11-30)16-7-4-8-17(12-16)31-22(23,24)25/h3-4,6-9,12-13,30H,5,10-11H2,1-2H3,(H2,26,27,28,29). The second-order valence-corrected chi connectivity index (χ2v) is 6.91. The quantitative estimate of drug-likeness (QED) is 0.425. The predicted octanol–water partition coefficient (Wildman–Crippen LogP) is 5.20. The van der Waals surface area contributed by atoms with Crippen molar-refractivity contribution in [2.75, 3.05) is 23.8 Å². The van der Waals surface area contributed by atoms with Gasteiger partial charge < -0.3 is 20.5 Å². The molecule has 0 spiro atoms. The Morgan fingerprint density at radius 3 is 2.55 bits per heavy atom. The number of hydrogen-bond acceptors (Lipinski definition) is 6. The van der Waals surface area contributed by atoms with E-state index in [1.54, 1.807) is 12.1 Å². The molecule has 6 nitrogen and oxygen atoms in total. The number of benzene rings is 2. The summed E-state index contributed by atoms with van der Waals surface area (Å²) in [6.45, 7) is 4.44. The normalized spacial score (nSPS) is 11.3. The highest BCUT2D eigenvalue weighted by Crippen LogP contribution is 2.30. The number of aliphatic hydroxyl groups is 1. The van der Waals surface area contributed by atoms with Gasteiger partial charge in [-0.15, -0.1) is 13.2 Å². The Hall–Kier alpha value is -3.33. The van der Waals surface area contributed by atoms with Crippen LogP contribution >= 0.6 is 0 Å². The molecule has 3 N–H and O–H groups in total. The number of hydrogen-bond donors (Lipinski definition) is 3. The van der Waals surface area contributed by atoms with Crippen LogP contribution in [0.5, 0.6) is 5.75 Å². The molecule has 0 fully saturated rings. The van der Waals surface area contributed by atoms with Crippen LogP contribution in [0.2, 0.25) is 0 Å². The second kappa shape index (κ2) is 9.65. The van der Waals surface area contributed by atoms with E-state index in [9.17, 15) is 13.2 Å². The fourth-order valence-electron chi connectivity index (χ4n) is 2.89. The van der Waals surface area contributed by atoms with Crippen molar-refractivity contribution < 1.29 is 23.0 Å². The maximum absolute atomic E-state index is 12.6. The van der Waals surface area contributed by atoms with E-state index in [2.05, 4.69) is 25.3 Å². The van der Waals surface area contributed by atoms with Crippen LogP contribution in [0, 0.1) is 13.8 Å². The van der Waals surface area contributed by atoms with Gasteiger partial charge >= 0.3 is 6.36 Å². The first kappa shape index (κ1) is 22.4. The molecule has 3 rings (SSSR count). The van der Waals surface area contributed by atoms with Gasteiger partial charge in [0.1, 0.15) is 11.6 Å². The van der Waals surface area contributed by atoms with Crippen LogP contribution in [0.3, 0.4) is 0 Å². The number of anilines is 3. The summed E-state index contributed by atoms with van der Waals surface area (Å²) < 4.78 is 41.8. The zero-order valence-electron chi connectivity index (χ0n) is 17.1. The molecule has 3 aromatic rings. The number of alkyl halides is 3. The fourth-order valence-corrected chi connectivity index (χ4v) is 2.89. The minimum Gasteiger partial charge on any atom is -0.406 e. The molecule has 0 saturated heterocycles. The maximum Gasteiger partial charge on any atom is 0.573 e. The Kier molecular flexibility index (Phi) is 6.96. The average Bonchev–Trinajstić information content (AvgIpc) is 2.70. The lowest BCUT2D eigenvalue weighted by Crippen LogP contribution is -2.17. The third-order valence-corrected chi connectivity index (χ3v) is 4.57. The number of aryl methyl sites for hydroxylation is 1. The monoisotopic (exact) mass is 432 g/mol. The van der Waals surface area contributed by atoms with Gasteiger partial charge in [0.05, 0.1) is 5.69 Å². The first-order valence-electron chi connectivity index (χ1n) is 9.68. The van der Waals surface area contributed by atoms with Crippen LogP contribution in [0.4, 0.5) is 30.6 Å². The summed E-state index contributed by atoms with van der Waals surface area (Å²) in [7, 11) is 0. The Labute approximate surface area is 178 Å². The number of rotatable bonds is 8. The van der Waals surface area contributed by atoms with Gasteiger partial charge in [-0.2, -0.15) is 4.98 Å². The summed E-state index contributed by atoms with van der Waals surface area (Å²) in [5.41, 5.74) is 3.89. The summed E-state index contributed by atoms with van der Waals surface area (Å²) in [6, 6.07) is 13.1. The summed E-state index contributed by atoms with van der Waals surface area (Å²) in [5, 5.41) is 15.3. The van der Waals surface area contributed by atoms with Gasteiger partial charge in [-0.25, -0.2) is 4.98 Å². The van der Waals surface area contributed by atoms with Crippen molar-refractivity contribution in [1.82, 2.24) is 9.97 Å². The van der Waals surface area contributed by atoms with E-state index in [1.165, 1.54) is 18.2 Å². The van der Waals surface area contributed by atoms with Crippen molar-refractivity contribution in [3.8, 4) is 17.0 Å². The van der Waals surface area contributed by atoms with Crippen molar-refractivity contribution in [3.63, 3.8) is 0 Å². The third-order valence-electron chi connectivity index (χ3n) is 4.57. The number of aromatic nitrogens is 2. The second-order valence-electron chi connectivity index (χ2n) is 6.91. The van der Waals surface area contributed by atoms with Crippen molar-refractivity contribution >= 4 is 17.5 Å². The van der Waals surface area contributed by atoms with Crippen LogP contribution in [0.15, 0.2) is 48.5 Å². The molecule has 0 aliphatic rings. The molecule has 0 amide bonds. The van der Waals surface area contributed by atoms with Gasteiger partial charge in [-0.05, 0) is 49.6 Å². The lowest BCUT2D eigenvalue weighted by molar-refractivity contribution is -0.274.